The van der Waals surface area contributed by atoms with E-state index in [2.05, 4.69) is 12.6 Å². The summed E-state index contributed by atoms with van der Waals surface area (Å²) in [4.78, 5) is 27.5. The van der Waals surface area contributed by atoms with Crippen LogP contribution < -0.4 is 16.4 Å². The topological polar surface area (TPSA) is 89.4 Å². The van der Waals surface area contributed by atoms with Crippen LogP contribution in [0.2, 0.25) is 0 Å². The van der Waals surface area contributed by atoms with Gasteiger partial charge in [-0.1, -0.05) is 60.7 Å². The lowest BCUT2D eigenvalue weighted by Gasteiger charge is -2.32. The molecule has 4 N–H and O–H groups in total. The zero-order valence-electron chi connectivity index (χ0n) is 16.8. The Morgan fingerprint density at radius 3 is 2.27 bits per heavy atom. The van der Waals surface area contributed by atoms with Crippen LogP contribution in [0.3, 0.4) is 0 Å². The lowest BCUT2D eigenvalue weighted by atomic mass is 10.0. The lowest BCUT2D eigenvalue weighted by Crippen LogP contribution is -2.52. The summed E-state index contributed by atoms with van der Waals surface area (Å²) in [7, 11) is 0. The molecule has 0 bridgehead atoms. The average Bonchev–Trinajstić information content (AvgIpc) is 2.77. The van der Waals surface area contributed by atoms with E-state index >= 15 is 0 Å². The normalized spacial score (nSPS) is 13.0. The predicted molar refractivity (Wildman–Crippen MR) is 126 cm³/mol. The Morgan fingerprint density at radius 1 is 0.933 bits per heavy atom. The molecule has 0 fully saturated rings. The summed E-state index contributed by atoms with van der Waals surface area (Å²) in [5.74, 6) is -0.304. The molecule has 2 atom stereocenters. The minimum absolute atomic E-state index is 0.304. The molecule has 0 saturated heterocycles. The highest BCUT2D eigenvalue weighted by Gasteiger charge is 2.32. The largest absolute Gasteiger partial charge is 0.330 e. The molecular formula is C24H27N3O2S. The van der Waals surface area contributed by atoms with Crippen LogP contribution in [0.15, 0.2) is 72.8 Å². The van der Waals surface area contributed by atoms with Gasteiger partial charge in [0.15, 0.2) is 0 Å². The maximum Gasteiger partial charge on any atom is 0.244 e. The smallest absolute Gasteiger partial charge is 0.244 e. The Kier molecular flexibility index (Phi) is 7.63. The molecule has 0 aromatic heterocycles. The van der Waals surface area contributed by atoms with Crippen molar-refractivity contribution in [3.8, 4) is 0 Å². The Hall–Kier alpha value is -2.67. The number of fused-ring (bicyclic) bond motifs is 1. The van der Waals surface area contributed by atoms with Gasteiger partial charge in [0.1, 0.15) is 6.04 Å². The van der Waals surface area contributed by atoms with Gasteiger partial charge in [-0.15, -0.1) is 12.6 Å². The number of nitrogens with zero attached hydrogens (tertiary/aromatic N) is 1. The monoisotopic (exact) mass is 421 g/mol. The van der Waals surface area contributed by atoms with Crippen molar-refractivity contribution in [2.75, 3.05) is 11.4 Å². The molecule has 0 heterocycles. The Labute approximate surface area is 182 Å². The van der Waals surface area contributed by atoms with Crippen molar-refractivity contribution in [3.05, 3.63) is 78.4 Å². The fourth-order valence-electron chi connectivity index (χ4n) is 3.55. The molecule has 0 saturated carbocycles. The molecule has 3 aromatic carbocycles. The van der Waals surface area contributed by atoms with Crippen LogP contribution in [0.5, 0.6) is 0 Å². The summed E-state index contributed by atoms with van der Waals surface area (Å²) < 4.78 is 0. The van der Waals surface area contributed by atoms with Crippen molar-refractivity contribution in [3.63, 3.8) is 0 Å². The number of hydrogen-bond donors (Lipinski definition) is 3. The van der Waals surface area contributed by atoms with Gasteiger partial charge in [0.25, 0.3) is 0 Å². The maximum atomic E-state index is 13.4. The van der Waals surface area contributed by atoms with Crippen LogP contribution in [0.1, 0.15) is 18.4 Å². The average molecular weight is 422 g/mol. The summed E-state index contributed by atoms with van der Waals surface area (Å²) >= 11 is 4.13. The molecule has 156 valence electrons. The molecule has 6 heteroatoms. The fourth-order valence-corrected chi connectivity index (χ4v) is 3.76. The highest BCUT2D eigenvalue weighted by molar-refractivity contribution is 7.96. The Balaban J connectivity index is 2.04. The first-order chi connectivity index (χ1) is 14.5. The van der Waals surface area contributed by atoms with E-state index in [1.807, 2.05) is 72.8 Å². The van der Waals surface area contributed by atoms with Crippen LogP contribution in [-0.4, -0.2) is 29.7 Å². The highest BCUT2D eigenvalue weighted by Crippen LogP contribution is 2.27. The Morgan fingerprint density at radius 2 is 1.60 bits per heavy atom. The number of benzene rings is 3. The fraction of sp³-hybridized carbons (Fsp3) is 0.250. The molecule has 0 aliphatic carbocycles. The third kappa shape index (κ3) is 5.27. The maximum absolute atomic E-state index is 13.4. The van der Waals surface area contributed by atoms with Crippen molar-refractivity contribution < 1.29 is 9.59 Å². The van der Waals surface area contributed by atoms with Crippen LogP contribution in [0.25, 0.3) is 10.8 Å². The quantitative estimate of drug-likeness (QED) is 0.463. The van der Waals surface area contributed by atoms with E-state index in [0.29, 0.717) is 31.5 Å². The number of amides is 1. The van der Waals surface area contributed by atoms with Gasteiger partial charge in [-0.2, -0.15) is 0 Å². The zero-order chi connectivity index (χ0) is 21.5. The van der Waals surface area contributed by atoms with E-state index in [0.717, 1.165) is 16.3 Å². The second-order valence-electron chi connectivity index (χ2n) is 7.32. The number of anilines is 1. The summed E-state index contributed by atoms with van der Waals surface area (Å²) in [5.41, 5.74) is 13.4. The van der Waals surface area contributed by atoms with E-state index in [1.54, 1.807) is 0 Å². The van der Waals surface area contributed by atoms with E-state index in [9.17, 15) is 9.59 Å². The van der Waals surface area contributed by atoms with E-state index in [1.165, 1.54) is 4.90 Å². The lowest BCUT2D eigenvalue weighted by molar-refractivity contribution is -0.122. The molecule has 0 radical (unpaired) electrons. The van der Waals surface area contributed by atoms with Crippen molar-refractivity contribution >= 4 is 40.1 Å². The van der Waals surface area contributed by atoms with Crippen molar-refractivity contribution in [2.45, 2.75) is 31.3 Å². The van der Waals surface area contributed by atoms with Crippen molar-refractivity contribution in [2.24, 2.45) is 11.5 Å². The third-order valence-corrected chi connectivity index (χ3v) is 5.45. The molecule has 0 unspecified atom stereocenters. The zero-order valence-corrected chi connectivity index (χ0v) is 17.7. The second kappa shape index (κ2) is 10.4. The summed E-state index contributed by atoms with van der Waals surface area (Å²) in [5, 5.41) is 1.65. The highest BCUT2D eigenvalue weighted by atomic mass is 32.1. The molecule has 3 rings (SSSR count). The summed E-state index contributed by atoms with van der Waals surface area (Å²) in [6.07, 6.45) is 1.44. The molecule has 0 spiro atoms. The molecular weight excluding hydrogens is 394 g/mol. The second-order valence-corrected chi connectivity index (χ2v) is 7.76. The number of nitrogens with two attached hydrogens (primary N) is 2. The first kappa shape index (κ1) is 22.0. The summed E-state index contributed by atoms with van der Waals surface area (Å²) in [6, 6.07) is 21.7. The molecule has 3 aromatic rings. The van der Waals surface area contributed by atoms with Gasteiger partial charge < -0.3 is 11.5 Å². The molecule has 0 aliphatic heterocycles. The van der Waals surface area contributed by atoms with Crippen LogP contribution in [0, 0.1) is 0 Å². The van der Waals surface area contributed by atoms with Gasteiger partial charge in [0, 0.05) is 12.1 Å². The number of rotatable bonds is 9. The summed E-state index contributed by atoms with van der Waals surface area (Å²) in [6.45, 7) is 0.454. The van der Waals surface area contributed by atoms with Crippen molar-refractivity contribution in [1.82, 2.24) is 0 Å². The van der Waals surface area contributed by atoms with Gasteiger partial charge in [-0.05, 0) is 47.9 Å². The first-order valence-corrected chi connectivity index (χ1v) is 10.5. The van der Waals surface area contributed by atoms with Crippen molar-refractivity contribution in [1.29, 1.82) is 0 Å². The van der Waals surface area contributed by atoms with Gasteiger partial charge in [-0.25, -0.2) is 0 Å². The van der Waals surface area contributed by atoms with Gasteiger partial charge in [0.05, 0.1) is 6.04 Å². The van der Waals surface area contributed by atoms with Crippen LogP contribution >= 0.6 is 12.6 Å². The van der Waals surface area contributed by atoms with E-state index in [4.69, 9.17) is 11.5 Å². The van der Waals surface area contributed by atoms with Crippen LogP contribution in [0.4, 0.5) is 5.69 Å². The SMILES string of the molecule is NCCC[C@@H](N)C(=O)N(c1ccc2ccccc2c1)[C@H](Cc1ccccc1)C(=O)S. The van der Waals surface area contributed by atoms with Gasteiger partial charge >= 0.3 is 0 Å². The molecule has 5 nitrogen and oxygen atoms in total. The number of hydrogen-bond acceptors (Lipinski definition) is 4. The Bertz CT molecular complexity index is 1010. The predicted octanol–water partition coefficient (Wildman–Crippen LogP) is 3.31. The minimum Gasteiger partial charge on any atom is -0.330 e. The molecule has 1 amide bonds. The molecule has 30 heavy (non-hydrogen) atoms. The minimum atomic E-state index is -0.770. The number of carbonyl (C=O) groups is 2. The van der Waals surface area contributed by atoms with E-state index in [-0.39, 0.29) is 11.0 Å². The number of thiol groups is 1. The first-order valence-electron chi connectivity index (χ1n) is 10.1. The number of carbonyl (C=O) groups excluding carboxylic acids is 2. The standard InChI is InChI=1S/C24H27N3O2S/c25-14-6-11-21(26)23(28)27(20-13-12-18-9-4-5-10-19(18)16-20)22(24(29)30)15-17-7-2-1-3-8-17/h1-5,7-10,12-13,16,21-22H,6,11,14-15,25-26H2,(H,29,30)/t21-,22-/m1/s1. The molecule has 0 aliphatic rings. The van der Waals surface area contributed by atoms with E-state index < -0.39 is 12.1 Å². The van der Waals surface area contributed by atoms with Gasteiger partial charge in [0.2, 0.25) is 11.0 Å². The van der Waals surface area contributed by atoms with Crippen LogP contribution in [-0.2, 0) is 16.0 Å². The van der Waals surface area contributed by atoms with Gasteiger partial charge in [-0.3, -0.25) is 14.5 Å². The third-order valence-electron chi connectivity index (χ3n) is 5.15.